The Morgan fingerprint density at radius 2 is 2.20 bits per heavy atom. The molecule has 0 spiro atoms. The van der Waals surface area contributed by atoms with Gasteiger partial charge in [-0.05, 0) is 0 Å². The Balaban J connectivity index is 3.35. The molecule has 0 aromatic heterocycles. The zero-order chi connectivity index (χ0) is 4.28. The molecule has 0 saturated heterocycles. The van der Waals surface area contributed by atoms with E-state index < -0.39 is 0 Å². The third-order valence-corrected chi connectivity index (χ3v) is 0.316. The Hall–Kier alpha value is -0.251. The van der Waals surface area contributed by atoms with Crippen LogP contribution in [0.2, 0.25) is 0 Å². The van der Waals surface area contributed by atoms with Gasteiger partial charge in [0.15, 0.2) is 0 Å². The van der Waals surface area contributed by atoms with Crippen molar-refractivity contribution in [2.24, 2.45) is 0 Å². The van der Waals surface area contributed by atoms with Crippen molar-refractivity contribution in [3.05, 3.63) is 11.1 Å². The van der Waals surface area contributed by atoms with E-state index in [1.165, 1.54) is 0 Å². The van der Waals surface area contributed by atoms with E-state index in [1.807, 2.05) is 0 Å². The third-order valence-electron chi connectivity index (χ3n) is 0.125. The molecule has 0 aromatic carbocycles. The minimum absolute atomic E-state index is 0.435. The predicted molar refractivity (Wildman–Crippen MR) is 20.5 cm³/mol. The molecule has 0 bridgehead atoms. The fourth-order valence-electron chi connectivity index (χ4n) is 0. The SMILES string of the molecule is C=C([Se])C#N. The molecule has 0 rings (SSSR count). The quantitative estimate of drug-likeness (QED) is 0.340. The minimum atomic E-state index is 0.435. The number of allylic oxidation sites excluding steroid dienone is 1. The third kappa shape index (κ3) is 3.75. The van der Waals surface area contributed by atoms with Gasteiger partial charge in [0.2, 0.25) is 0 Å². The zero-order valence-electron chi connectivity index (χ0n) is 2.56. The molecule has 0 aromatic rings. The van der Waals surface area contributed by atoms with Crippen molar-refractivity contribution in [2.75, 3.05) is 0 Å². The number of nitrogens with zero attached hydrogens (tertiary/aromatic N) is 1. The van der Waals surface area contributed by atoms with Crippen LogP contribution in [0, 0.1) is 11.3 Å². The average molecular weight is 131 g/mol. The Morgan fingerprint density at radius 3 is 2.20 bits per heavy atom. The van der Waals surface area contributed by atoms with Crippen LogP contribution in [-0.4, -0.2) is 16.0 Å². The van der Waals surface area contributed by atoms with Crippen LogP contribution in [0.3, 0.4) is 0 Å². The van der Waals surface area contributed by atoms with Gasteiger partial charge in [-0.15, -0.1) is 0 Å². The number of hydrogen-bond acceptors (Lipinski definition) is 1. The first-order valence-electron chi connectivity index (χ1n) is 1.03. The Bertz CT molecular complexity index is 79.4. The van der Waals surface area contributed by atoms with Gasteiger partial charge in [0.25, 0.3) is 0 Å². The molecule has 0 amide bonds. The van der Waals surface area contributed by atoms with Gasteiger partial charge in [0.1, 0.15) is 0 Å². The van der Waals surface area contributed by atoms with Crippen molar-refractivity contribution in [1.82, 2.24) is 0 Å². The van der Waals surface area contributed by atoms with Gasteiger partial charge < -0.3 is 0 Å². The van der Waals surface area contributed by atoms with Crippen LogP contribution in [0.25, 0.3) is 0 Å². The molecule has 0 N–H and O–H groups in total. The van der Waals surface area contributed by atoms with Gasteiger partial charge in [-0.3, -0.25) is 0 Å². The molecule has 0 unspecified atom stereocenters. The van der Waals surface area contributed by atoms with E-state index >= 15 is 0 Å². The van der Waals surface area contributed by atoms with Gasteiger partial charge in [-0.25, -0.2) is 0 Å². The molecule has 0 fully saturated rings. The summed E-state index contributed by atoms with van der Waals surface area (Å²) >= 11 is 2.43. The molecule has 1 radical (unpaired) electrons. The van der Waals surface area contributed by atoms with Gasteiger partial charge in [-0.1, -0.05) is 0 Å². The molecule has 0 atom stereocenters. The van der Waals surface area contributed by atoms with Crippen LogP contribution < -0.4 is 0 Å². The molecule has 0 aliphatic heterocycles. The first-order chi connectivity index (χ1) is 2.27. The monoisotopic (exact) mass is 132 g/mol. The second kappa shape index (κ2) is 2.02. The van der Waals surface area contributed by atoms with Crippen molar-refractivity contribution in [3.63, 3.8) is 0 Å². The van der Waals surface area contributed by atoms with Crippen LogP contribution in [0.15, 0.2) is 11.1 Å². The molecule has 0 aliphatic carbocycles. The van der Waals surface area contributed by atoms with Crippen LogP contribution in [0.5, 0.6) is 0 Å². The molecule has 0 aliphatic rings. The fourth-order valence-corrected chi connectivity index (χ4v) is 0. The van der Waals surface area contributed by atoms with Crippen molar-refractivity contribution < 1.29 is 0 Å². The van der Waals surface area contributed by atoms with E-state index in [9.17, 15) is 0 Å². The van der Waals surface area contributed by atoms with E-state index in [0.29, 0.717) is 4.47 Å². The van der Waals surface area contributed by atoms with Gasteiger partial charge in [-0.2, -0.15) is 0 Å². The number of rotatable bonds is 0. The molecule has 2 heteroatoms. The van der Waals surface area contributed by atoms with E-state index in [-0.39, 0.29) is 0 Å². The van der Waals surface area contributed by atoms with Gasteiger partial charge >= 0.3 is 38.4 Å². The summed E-state index contributed by atoms with van der Waals surface area (Å²) in [6, 6.07) is 1.78. The second-order valence-corrected chi connectivity index (χ2v) is 1.57. The van der Waals surface area contributed by atoms with Crippen LogP contribution in [-0.2, 0) is 0 Å². The van der Waals surface area contributed by atoms with E-state index in [4.69, 9.17) is 5.26 Å². The molecular formula is C3H2NSe. The zero-order valence-corrected chi connectivity index (χ0v) is 4.28. The summed E-state index contributed by atoms with van der Waals surface area (Å²) in [6.45, 7) is 3.26. The van der Waals surface area contributed by atoms with Crippen LogP contribution >= 0.6 is 0 Å². The van der Waals surface area contributed by atoms with Crippen molar-refractivity contribution in [1.29, 1.82) is 5.26 Å². The maximum atomic E-state index is 7.76. The van der Waals surface area contributed by atoms with E-state index in [0.717, 1.165) is 0 Å². The molecular weight excluding hydrogens is 129 g/mol. The summed E-state index contributed by atoms with van der Waals surface area (Å²) < 4.78 is 0.435. The van der Waals surface area contributed by atoms with Crippen molar-refractivity contribution in [3.8, 4) is 6.07 Å². The van der Waals surface area contributed by atoms with Crippen LogP contribution in [0.4, 0.5) is 0 Å². The molecule has 0 saturated carbocycles. The van der Waals surface area contributed by atoms with Crippen molar-refractivity contribution in [2.45, 2.75) is 0 Å². The molecule has 25 valence electrons. The Labute approximate surface area is 39.1 Å². The predicted octanol–water partition coefficient (Wildman–Crippen LogP) is 0.192. The summed E-state index contributed by atoms with van der Waals surface area (Å²) in [7, 11) is 0. The van der Waals surface area contributed by atoms with Gasteiger partial charge in [0.05, 0.1) is 0 Å². The summed E-state index contributed by atoms with van der Waals surface area (Å²) in [5.41, 5.74) is 0. The van der Waals surface area contributed by atoms with E-state index in [1.54, 1.807) is 6.07 Å². The average Bonchev–Trinajstić information content (AvgIpc) is 1.38. The van der Waals surface area contributed by atoms with Crippen molar-refractivity contribution >= 4 is 16.0 Å². The first kappa shape index (κ1) is 4.75. The summed E-state index contributed by atoms with van der Waals surface area (Å²) in [5.74, 6) is 0. The molecule has 0 heterocycles. The number of hydrogen-bond donors (Lipinski definition) is 0. The fraction of sp³-hybridized carbons (Fsp3) is 0. The van der Waals surface area contributed by atoms with Gasteiger partial charge in [0, 0.05) is 0 Å². The summed E-state index contributed by atoms with van der Waals surface area (Å²) in [6.07, 6.45) is 0. The Kier molecular flexibility index (Phi) is 1.92. The Morgan fingerprint density at radius 1 is 2.00 bits per heavy atom. The topological polar surface area (TPSA) is 23.8 Å². The second-order valence-electron chi connectivity index (χ2n) is 0.535. The maximum absolute atomic E-state index is 7.76. The van der Waals surface area contributed by atoms with Crippen LogP contribution in [0.1, 0.15) is 0 Å². The number of nitriles is 1. The summed E-state index contributed by atoms with van der Waals surface area (Å²) in [4.78, 5) is 0. The molecule has 5 heavy (non-hydrogen) atoms. The normalized spacial score (nSPS) is 5.40. The van der Waals surface area contributed by atoms with E-state index in [2.05, 4.69) is 22.6 Å². The first-order valence-corrected chi connectivity index (χ1v) is 1.89. The standard InChI is InChI=1S/C3H2NSe/c1-3(5)2-4/h1H2. The summed E-state index contributed by atoms with van der Waals surface area (Å²) in [5, 5.41) is 7.76. The molecule has 1 nitrogen and oxygen atoms in total.